The van der Waals surface area contributed by atoms with Gasteiger partial charge >= 0.3 is 0 Å². The van der Waals surface area contributed by atoms with Crippen LogP contribution in [-0.4, -0.2) is 40.2 Å². The minimum atomic E-state index is 0.211. The number of carbonyl (C=O) groups is 1. The zero-order valence-electron chi connectivity index (χ0n) is 14.6. The molecule has 4 nitrogen and oxygen atoms in total. The Labute approximate surface area is 147 Å². The maximum absolute atomic E-state index is 13.5. The summed E-state index contributed by atoms with van der Waals surface area (Å²) >= 11 is 0. The van der Waals surface area contributed by atoms with Crippen LogP contribution in [0, 0.1) is 0 Å². The highest BCUT2D eigenvalue weighted by molar-refractivity contribution is 6.07. The van der Waals surface area contributed by atoms with E-state index in [0.717, 1.165) is 55.1 Å². The maximum atomic E-state index is 13.5. The Morgan fingerprint density at radius 2 is 2.08 bits per heavy atom. The molecule has 2 aromatic rings. The molecule has 0 N–H and O–H groups in total. The number of fused-ring (bicyclic) bond motifs is 1. The Balaban J connectivity index is 1.50. The monoisotopic (exact) mass is 333 g/mol. The average molecular weight is 333 g/mol. The highest BCUT2D eigenvalue weighted by atomic mass is 16.2. The van der Waals surface area contributed by atoms with Gasteiger partial charge in [-0.1, -0.05) is 6.07 Å². The van der Waals surface area contributed by atoms with Crippen LogP contribution in [-0.2, 0) is 7.05 Å². The van der Waals surface area contributed by atoms with Crippen LogP contribution < -0.4 is 0 Å². The van der Waals surface area contributed by atoms with E-state index in [9.17, 15) is 4.79 Å². The van der Waals surface area contributed by atoms with Crippen molar-refractivity contribution in [3.8, 4) is 0 Å². The average Bonchev–Trinajstić information content (AvgIpc) is 3.22. The van der Waals surface area contributed by atoms with E-state index >= 15 is 0 Å². The van der Waals surface area contributed by atoms with Crippen LogP contribution in [0.25, 0.3) is 10.9 Å². The molecule has 0 spiro atoms. The van der Waals surface area contributed by atoms with Crippen LogP contribution in [0.3, 0.4) is 0 Å². The number of hydrogen-bond donors (Lipinski definition) is 0. The molecule has 128 valence electrons. The third-order valence-corrected chi connectivity index (χ3v) is 5.94. The van der Waals surface area contributed by atoms with E-state index in [-0.39, 0.29) is 5.91 Å². The summed E-state index contributed by atoms with van der Waals surface area (Å²) in [6.45, 7) is 0.878. The second-order valence-electron chi connectivity index (χ2n) is 7.60. The highest BCUT2D eigenvalue weighted by Crippen LogP contribution is 2.38. The van der Waals surface area contributed by atoms with Crippen molar-refractivity contribution in [2.45, 2.75) is 44.2 Å². The zero-order chi connectivity index (χ0) is 17.0. The number of benzene rings is 1. The van der Waals surface area contributed by atoms with Gasteiger partial charge in [0.25, 0.3) is 5.91 Å². The Kier molecular flexibility index (Phi) is 3.34. The molecular formula is C21H23N3O. The van der Waals surface area contributed by atoms with E-state index < -0.39 is 0 Å². The molecule has 0 radical (unpaired) electrons. The van der Waals surface area contributed by atoms with E-state index in [1.807, 2.05) is 31.6 Å². The predicted octanol–water partition coefficient (Wildman–Crippen LogP) is 3.72. The molecule has 4 heteroatoms. The molecule has 1 aliphatic heterocycles. The summed E-state index contributed by atoms with van der Waals surface area (Å²) in [5, 5.41) is 1.07. The SMILES string of the molecule is Cn1ccc2c(C(=O)N(C3CC3)C3CCC4=C(C=NC4)C3)cccc21. The second kappa shape index (κ2) is 5.58. The van der Waals surface area contributed by atoms with Gasteiger partial charge in [-0.3, -0.25) is 9.79 Å². The molecule has 1 unspecified atom stereocenters. The maximum Gasteiger partial charge on any atom is 0.255 e. The molecular weight excluding hydrogens is 310 g/mol. The third kappa shape index (κ3) is 2.43. The summed E-state index contributed by atoms with van der Waals surface area (Å²) < 4.78 is 2.08. The first-order chi connectivity index (χ1) is 12.2. The lowest BCUT2D eigenvalue weighted by molar-refractivity contribution is 0.0647. The van der Waals surface area contributed by atoms with Gasteiger partial charge in [-0.05, 0) is 61.4 Å². The molecule has 1 atom stereocenters. The van der Waals surface area contributed by atoms with Gasteiger partial charge in [-0.15, -0.1) is 0 Å². The Morgan fingerprint density at radius 3 is 2.92 bits per heavy atom. The standard InChI is InChI=1S/C21H23N3O/c1-23-10-9-18-19(3-2-4-20(18)23)21(25)24(16-7-8-16)17-6-5-14-12-22-13-15(14)11-17/h2-4,9-10,13,16-17H,5-8,11-12H2,1H3. The molecule has 1 aromatic carbocycles. The quantitative estimate of drug-likeness (QED) is 0.843. The molecule has 25 heavy (non-hydrogen) atoms. The summed E-state index contributed by atoms with van der Waals surface area (Å²) in [4.78, 5) is 20.1. The van der Waals surface area contributed by atoms with Crippen molar-refractivity contribution in [2.24, 2.45) is 12.0 Å². The fourth-order valence-corrected chi connectivity index (χ4v) is 4.44. The van der Waals surface area contributed by atoms with Crippen LogP contribution in [0.5, 0.6) is 0 Å². The lowest BCUT2D eigenvalue weighted by Gasteiger charge is -2.35. The van der Waals surface area contributed by atoms with Crippen LogP contribution in [0.4, 0.5) is 0 Å². The van der Waals surface area contributed by atoms with Crippen LogP contribution in [0.1, 0.15) is 42.5 Å². The summed E-state index contributed by atoms with van der Waals surface area (Å²) in [5.41, 5.74) is 4.85. The highest BCUT2D eigenvalue weighted by Gasteiger charge is 2.39. The smallest absolute Gasteiger partial charge is 0.255 e. The zero-order valence-corrected chi connectivity index (χ0v) is 14.6. The largest absolute Gasteiger partial charge is 0.351 e. The van der Waals surface area contributed by atoms with Crippen molar-refractivity contribution < 1.29 is 4.79 Å². The van der Waals surface area contributed by atoms with Crippen LogP contribution in [0.2, 0.25) is 0 Å². The molecule has 1 fully saturated rings. The number of hydrogen-bond acceptors (Lipinski definition) is 2. The first-order valence-corrected chi connectivity index (χ1v) is 9.30. The van der Waals surface area contributed by atoms with E-state index in [4.69, 9.17) is 0 Å². The molecule has 0 bridgehead atoms. The van der Waals surface area contributed by atoms with E-state index in [1.165, 1.54) is 11.1 Å². The van der Waals surface area contributed by atoms with Crippen molar-refractivity contribution >= 4 is 23.0 Å². The number of aliphatic imine (C=N–C) groups is 1. The van der Waals surface area contributed by atoms with Gasteiger partial charge < -0.3 is 9.47 Å². The Hall–Kier alpha value is -2.36. The van der Waals surface area contributed by atoms with Gasteiger partial charge in [-0.2, -0.15) is 0 Å². The van der Waals surface area contributed by atoms with Gasteiger partial charge in [0.05, 0.1) is 6.54 Å². The summed E-state index contributed by atoms with van der Waals surface area (Å²) in [5.74, 6) is 0.211. The second-order valence-corrected chi connectivity index (χ2v) is 7.60. The first kappa shape index (κ1) is 14.9. The molecule has 1 aromatic heterocycles. The van der Waals surface area contributed by atoms with Gasteiger partial charge in [-0.25, -0.2) is 0 Å². The molecule has 1 saturated carbocycles. The van der Waals surface area contributed by atoms with Crippen molar-refractivity contribution in [3.63, 3.8) is 0 Å². The minimum absolute atomic E-state index is 0.211. The lowest BCUT2D eigenvalue weighted by atomic mass is 9.88. The molecule has 5 rings (SSSR count). The van der Waals surface area contributed by atoms with E-state index in [0.29, 0.717) is 12.1 Å². The van der Waals surface area contributed by atoms with Crippen LogP contribution >= 0.6 is 0 Å². The normalized spacial score (nSPS) is 22.5. The van der Waals surface area contributed by atoms with Gasteiger partial charge in [0.2, 0.25) is 0 Å². The lowest BCUT2D eigenvalue weighted by Crippen LogP contribution is -2.43. The summed E-state index contributed by atoms with van der Waals surface area (Å²) in [6, 6.07) is 8.90. The predicted molar refractivity (Wildman–Crippen MR) is 100 cm³/mol. The van der Waals surface area contributed by atoms with Crippen molar-refractivity contribution in [3.05, 3.63) is 47.2 Å². The number of aromatic nitrogens is 1. The van der Waals surface area contributed by atoms with Gasteiger partial charge in [0.1, 0.15) is 0 Å². The van der Waals surface area contributed by atoms with Gasteiger partial charge in [0, 0.05) is 48.0 Å². The van der Waals surface area contributed by atoms with Crippen molar-refractivity contribution in [2.75, 3.05) is 6.54 Å². The Bertz CT molecular complexity index is 916. The fourth-order valence-electron chi connectivity index (χ4n) is 4.44. The van der Waals surface area contributed by atoms with Crippen molar-refractivity contribution in [1.29, 1.82) is 0 Å². The Morgan fingerprint density at radius 1 is 1.20 bits per heavy atom. The summed E-state index contributed by atoms with van der Waals surface area (Å²) in [7, 11) is 2.03. The number of rotatable bonds is 3. The first-order valence-electron chi connectivity index (χ1n) is 9.30. The van der Waals surface area contributed by atoms with E-state index in [2.05, 4.69) is 26.6 Å². The van der Waals surface area contributed by atoms with Crippen LogP contribution in [0.15, 0.2) is 46.6 Å². The fraction of sp³-hybridized carbons (Fsp3) is 0.429. The number of nitrogens with zero attached hydrogens (tertiary/aromatic N) is 3. The number of aryl methyl sites for hydroxylation is 1. The molecule has 1 amide bonds. The molecule has 3 aliphatic rings. The number of carbonyl (C=O) groups excluding carboxylic acids is 1. The minimum Gasteiger partial charge on any atom is -0.351 e. The number of amides is 1. The molecule has 0 saturated heterocycles. The van der Waals surface area contributed by atoms with Gasteiger partial charge in [0.15, 0.2) is 0 Å². The molecule has 2 aliphatic carbocycles. The topological polar surface area (TPSA) is 37.6 Å². The van der Waals surface area contributed by atoms with E-state index in [1.54, 1.807) is 0 Å². The molecule has 2 heterocycles. The summed E-state index contributed by atoms with van der Waals surface area (Å²) in [6.07, 6.45) is 9.51. The third-order valence-electron chi connectivity index (χ3n) is 5.94. The van der Waals surface area contributed by atoms with Crippen molar-refractivity contribution in [1.82, 2.24) is 9.47 Å².